The SMILES string of the molecule is Nc1nc(O)c2ncn([C@H]3C[C@@H](O)[C@@H](COP)O3)c2n1.[CH2-]C.[Y]. The number of aliphatic hydroxyl groups is 1. The molecule has 2 aromatic rings. The summed E-state index contributed by atoms with van der Waals surface area (Å²) in [7, 11) is 2.12. The van der Waals surface area contributed by atoms with Crippen LogP contribution in [0.15, 0.2) is 6.33 Å². The van der Waals surface area contributed by atoms with Crippen LogP contribution in [0.3, 0.4) is 0 Å². The minimum atomic E-state index is -0.647. The molecule has 0 aliphatic carbocycles. The molecule has 23 heavy (non-hydrogen) atoms. The molecule has 1 aliphatic heterocycles. The van der Waals surface area contributed by atoms with Crippen molar-refractivity contribution in [2.75, 3.05) is 12.3 Å². The van der Waals surface area contributed by atoms with Crippen LogP contribution in [0, 0.1) is 6.92 Å². The number of aliphatic hydroxyl groups excluding tert-OH is 1. The Hall–Kier alpha value is -0.436. The Morgan fingerprint density at radius 2 is 2.22 bits per heavy atom. The summed E-state index contributed by atoms with van der Waals surface area (Å²) >= 11 is 0. The van der Waals surface area contributed by atoms with Gasteiger partial charge < -0.3 is 32.1 Å². The smallest absolute Gasteiger partial charge is 0.244 e. The summed E-state index contributed by atoms with van der Waals surface area (Å²) in [5.74, 6) is -0.338. The predicted molar refractivity (Wildman–Crippen MR) is 82.6 cm³/mol. The Bertz CT molecular complexity index is 643. The van der Waals surface area contributed by atoms with Crippen LogP contribution < -0.4 is 5.73 Å². The number of ether oxygens (including phenoxy) is 1. The molecule has 0 amide bonds. The summed E-state index contributed by atoms with van der Waals surface area (Å²) in [5.41, 5.74) is 6.12. The number of fused-ring (bicyclic) bond motifs is 1. The number of hydrogen-bond acceptors (Lipinski definition) is 8. The van der Waals surface area contributed by atoms with Gasteiger partial charge in [0.15, 0.2) is 11.2 Å². The molecule has 1 unspecified atom stereocenters. The molecule has 1 fully saturated rings. The number of nitrogen functional groups attached to an aromatic ring is 1. The van der Waals surface area contributed by atoms with Crippen LogP contribution >= 0.6 is 9.47 Å². The van der Waals surface area contributed by atoms with Crippen LogP contribution in [0.1, 0.15) is 19.6 Å². The Balaban J connectivity index is 0.000000849. The maximum atomic E-state index is 9.92. The van der Waals surface area contributed by atoms with Crippen molar-refractivity contribution in [1.82, 2.24) is 19.5 Å². The minimum absolute atomic E-state index is 0. The van der Waals surface area contributed by atoms with Gasteiger partial charge in [-0.05, 0) is 0 Å². The average Bonchev–Trinajstić information content (AvgIpc) is 3.06. The fourth-order valence-electron chi connectivity index (χ4n) is 2.26. The van der Waals surface area contributed by atoms with Gasteiger partial charge in [0.25, 0.3) is 0 Å². The Morgan fingerprint density at radius 1 is 1.52 bits per heavy atom. The molecule has 3 heterocycles. The monoisotopic (exact) mass is 417 g/mol. The molecular weight excluding hydrogens is 398 g/mol. The second-order valence-corrected chi connectivity index (χ2v) is 4.83. The standard InChI is InChI=1S/C10H14N5O4P.C2H5.Y/c11-10-13-8-7(9(17)14-10)12-3-15(8)6-1-4(16)5(19-6)2-18-20;1-2;/h3-6,16H,1-2,20H2,(H3,11,13,14,17);1H2,2H3;/q;-1;/t4-,5-,6-;;/m1../s1. The Morgan fingerprint density at radius 3 is 2.87 bits per heavy atom. The number of aromatic hydroxyl groups is 1. The molecule has 11 heteroatoms. The van der Waals surface area contributed by atoms with Gasteiger partial charge in [-0.1, -0.05) is 0 Å². The third kappa shape index (κ3) is 4.35. The minimum Gasteiger partial charge on any atom is -0.492 e. The molecule has 1 aliphatic rings. The first-order chi connectivity index (χ1) is 10.6. The molecule has 4 atom stereocenters. The molecule has 0 spiro atoms. The van der Waals surface area contributed by atoms with Crippen LogP contribution in [0.25, 0.3) is 11.2 Å². The first-order valence-corrected chi connectivity index (χ1v) is 7.12. The number of hydrogen-bond donors (Lipinski definition) is 3. The maximum Gasteiger partial charge on any atom is 0.244 e. The fraction of sp³-hybridized carbons (Fsp3) is 0.500. The topological polar surface area (TPSA) is 129 Å². The van der Waals surface area contributed by atoms with E-state index in [-0.39, 0.29) is 56.7 Å². The summed E-state index contributed by atoms with van der Waals surface area (Å²) in [5, 5.41) is 19.6. The zero-order valence-corrected chi connectivity index (χ0v) is 16.7. The molecule has 0 aromatic carbocycles. The maximum absolute atomic E-state index is 9.92. The van der Waals surface area contributed by atoms with Crippen molar-refractivity contribution in [2.24, 2.45) is 0 Å². The Kier molecular flexibility index (Phi) is 8.20. The normalized spacial score (nSPS) is 23.2. The van der Waals surface area contributed by atoms with Gasteiger partial charge in [0.1, 0.15) is 12.3 Å². The van der Waals surface area contributed by atoms with Gasteiger partial charge >= 0.3 is 0 Å². The summed E-state index contributed by atoms with van der Waals surface area (Å²) in [6.45, 7) is 5.26. The quantitative estimate of drug-likeness (QED) is 0.484. The molecule has 0 bridgehead atoms. The zero-order chi connectivity index (χ0) is 16.3. The number of rotatable bonds is 3. The molecule has 0 saturated carbocycles. The van der Waals surface area contributed by atoms with Gasteiger partial charge in [0.2, 0.25) is 11.8 Å². The number of anilines is 1. The number of nitrogens with zero attached hydrogens (tertiary/aromatic N) is 4. The molecule has 3 rings (SSSR count). The van der Waals surface area contributed by atoms with Crippen LogP contribution in [0.2, 0.25) is 0 Å². The van der Waals surface area contributed by atoms with Crippen molar-refractivity contribution >= 4 is 26.6 Å². The van der Waals surface area contributed by atoms with Gasteiger partial charge in [-0.25, -0.2) is 4.98 Å². The summed E-state index contributed by atoms with van der Waals surface area (Å²) in [6.07, 6.45) is 0.316. The Labute approximate surface area is 161 Å². The van der Waals surface area contributed by atoms with Gasteiger partial charge in [0.05, 0.1) is 19.0 Å². The molecule has 4 N–H and O–H groups in total. The van der Waals surface area contributed by atoms with Crippen LogP contribution in [0.5, 0.6) is 5.88 Å². The van der Waals surface area contributed by atoms with E-state index in [1.807, 2.05) is 0 Å². The van der Waals surface area contributed by atoms with Crippen molar-refractivity contribution in [2.45, 2.75) is 31.8 Å². The second kappa shape index (κ2) is 9.15. The third-order valence-electron chi connectivity index (χ3n) is 3.20. The molecular formula is C12H19N5O4PY-. The van der Waals surface area contributed by atoms with E-state index in [0.717, 1.165) is 0 Å². The number of imidazole rings is 1. The number of aromatic nitrogens is 4. The fourth-order valence-corrected chi connectivity index (χ4v) is 2.45. The van der Waals surface area contributed by atoms with Crippen LogP contribution in [-0.4, -0.2) is 48.5 Å². The molecule has 125 valence electrons. The van der Waals surface area contributed by atoms with E-state index in [2.05, 4.69) is 31.3 Å². The van der Waals surface area contributed by atoms with E-state index in [1.54, 1.807) is 11.5 Å². The summed E-state index contributed by atoms with van der Waals surface area (Å²) < 4.78 is 12.2. The molecule has 1 saturated heterocycles. The van der Waals surface area contributed by atoms with Crippen LogP contribution in [0.4, 0.5) is 5.95 Å². The first-order valence-electron chi connectivity index (χ1n) is 6.65. The van der Waals surface area contributed by atoms with Gasteiger partial charge in [0, 0.05) is 48.6 Å². The largest absolute Gasteiger partial charge is 0.492 e. The molecule has 2 aromatic heterocycles. The van der Waals surface area contributed by atoms with Crippen molar-refractivity contribution in [3.63, 3.8) is 0 Å². The van der Waals surface area contributed by atoms with Gasteiger partial charge in [-0.15, -0.1) is 0 Å². The zero-order valence-electron chi connectivity index (χ0n) is 12.7. The van der Waals surface area contributed by atoms with Gasteiger partial charge in [-0.2, -0.15) is 16.9 Å². The van der Waals surface area contributed by atoms with E-state index in [1.165, 1.54) is 6.33 Å². The second-order valence-electron chi connectivity index (χ2n) is 4.50. The van der Waals surface area contributed by atoms with Crippen molar-refractivity contribution < 1.29 is 52.2 Å². The van der Waals surface area contributed by atoms with E-state index in [4.69, 9.17) is 15.0 Å². The van der Waals surface area contributed by atoms with Crippen LogP contribution in [-0.2, 0) is 42.0 Å². The first kappa shape index (κ1) is 20.6. The van der Waals surface area contributed by atoms with E-state index >= 15 is 0 Å². The van der Waals surface area contributed by atoms with E-state index in [0.29, 0.717) is 12.1 Å². The predicted octanol–water partition coefficient (Wildman–Crippen LogP) is 0.407. The van der Waals surface area contributed by atoms with Gasteiger partial charge in [-0.3, -0.25) is 4.57 Å². The summed E-state index contributed by atoms with van der Waals surface area (Å²) in [4.78, 5) is 11.7. The number of nitrogens with two attached hydrogens (primary N) is 1. The van der Waals surface area contributed by atoms with Crippen molar-refractivity contribution in [3.05, 3.63) is 13.3 Å². The third-order valence-corrected chi connectivity index (χ3v) is 3.39. The average molecular weight is 417 g/mol. The van der Waals surface area contributed by atoms with Crippen molar-refractivity contribution in [1.29, 1.82) is 0 Å². The summed E-state index contributed by atoms with van der Waals surface area (Å²) in [6, 6.07) is 0. The van der Waals surface area contributed by atoms with E-state index in [9.17, 15) is 10.2 Å². The molecule has 9 nitrogen and oxygen atoms in total. The van der Waals surface area contributed by atoms with E-state index < -0.39 is 18.4 Å². The molecule has 1 radical (unpaired) electrons. The van der Waals surface area contributed by atoms with Crippen molar-refractivity contribution in [3.8, 4) is 5.88 Å².